The molecule has 0 aliphatic heterocycles. The Morgan fingerprint density at radius 3 is 2.43 bits per heavy atom. The molecule has 0 spiro atoms. The zero-order valence-corrected chi connectivity index (χ0v) is 20.3. The first kappa shape index (κ1) is 22.8. The highest BCUT2D eigenvalue weighted by Crippen LogP contribution is 2.27. The van der Waals surface area contributed by atoms with Crippen molar-refractivity contribution in [2.45, 2.75) is 46.2 Å². The minimum absolute atomic E-state index is 0.126. The van der Waals surface area contributed by atoms with Crippen LogP contribution in [0.1, 0.15) is 38.1 Å². The number of esters is 1. The van der Waals surface area contributed by atoms with Gasteiger partial charge < -0.3 is 13.9 Å². The number of hydrogen-bond donors (Lipinski definition) is 0. The van der Waals surface area contributed by atoms with Crippen LogP contribution in [0.25, 0.3) is 33.5 Å². The Balaban J connectivity index is 1.56. The van der Waals surface area contributed by atoms with Crippen molar-refractivity contribution in [2.24, 2.45) is 0 Å². The molecule has 0 aliphatic carbocycles. The van der Waals surface area contributed by atoms with Crippen molar-refractivity contribution < 1.29 is 9.53 Å². The molecule has 3 aromatic carbocycles. The molecule has 2 aromatic heterocycles. The molecule has 0 atom stereocenters. The van der Waals surface area contributed by atoms with Gasteiger partial charge in [0.1, 0.15) is 18.2 Å². The van der Waals surface area contributed by atoms with Crippen LogP contribution in [0.3, 0.4) is 0 Å². The third-order valence-corrected chi connectivity index (χ3v) is 6.27. The predicted molar refractivity (Wildman–Crippen MR) is 139 cm³/mol. The van der Waals surface area contributed by atoms with Gasteiger partial charge in [-0.1, -0.05) is 61.9 Å². The number of nitrogens with zero attached hydrogens (tertiary/aromatic N) is 4. The lowest BCUT2D eigenvalue weighted by molar-refractivity contribution is -0.143. The number of para-hydroxylation sites is 2. The Labute approximate surface area is 205 Å². The molecule has 6 heteroatoms. The summed E-state index contributed by atoms with van der Waals surface area (Å²) in [6.07, 6.45) is 3.20. The number of carbonyl (C=O) groups is 1. The molecule has 5 rings (SSSR count). The van der Waals surface area contributed by atoms with E-state index < -0.39 is 0 Å². The van der Waals surface area contributed by atoms with Gasteiger partial charge in [0.25, 0.3) is 0 Å². The summed E-state index contributed by atoms with van der Waals surface area (Å²) in [6.45, 7) is 5.23. The minimum atomic E-state index is -0.265. The van der Waals surface area contributed by atoms with Crippen LogP contribution in [0.15, 0.2) is 72.8 Å². The summed E-state index contributed by atoms with van der Waals surface area (Å²) in [6, 6.07) is 24.6. The molecule has 0 amide bonds. The Kier molecular flexibility index (Phi) is 6.62. The number of aromatic nitrogens is 4. The number of ether oxygens (including phenoxy) is 1. The molecule has 0 saturated carbocycles. The van der Waals surface area contributed by atoms with E-state index in [1.165, 1.54) is 0 Å². The number of imidazole rings is 2. The normalized spacial score (nSPS) is 11.4. The third kappa shape index (κ3) is 4.69. The number of unbranched alkanes of at least 4 members (excludes halogenated alkanes) is 1. The number of rotatable bonds is 9. The monoisotopic (exact) mass is 466 g/mol. The maximum absolute atomic E-state index is 12.4. The lowest BCUT2D eigenvalue weighted by Gasteiger charge is -2.11. The topological polar surface area (TPSA) is 61.9 Å². The summed E-state index contributed by atoms with van der Waals surface area (Å²) in [7, 11) is 0. The zero-order valence-electron chi connectivity index (χ0n) is 20.3. The Bertz CT molecular complexity index is 1470. The Hall–Kier alpha value is -3.93. The van der Waals surface area contributed by atoms with E-state index in [-0.39, 0.29) is 12.5 Å². The molecular formula is C29H30N4O2. The highest BCUT2D eigenvalue weighted by Gasteiger charge is 2.17. The van der Waals surface area contributed by atoms with Crippen LogP contribution in [-0.4, -0.2) is 31.7 Å². The van der Waals surface area contributed by atoms with E-state index in [9.17, 15) is 4.79 Å². The number of hydrogen-bond acceptors (Lipinski definition) is 4. The van der Waals surface area contributed by atoms with Gasteiger partial charge in [0.15, 0.2) is 0 Å². The summed E-state index contributed by atoms with van der Waals surface area (Å²) in [5.74, 6) is 1.62. The maximum atomic E-state index is 12.4. The van der Waals surface area contributed by atoms with Crippen LogP contribution >= 0.6 is 0 Å². The van der Waals surface area contributed by atoms with Crippen molar-refractivity contribution in [3.63, 3.8) is 0 Å². The van der Waals surface area contributed by atoms with E-state index >= 15 is 0 Å². The number of benzene rings is 3. The van der Waals surface area contributed by atoms with Gasteiger partial charge in [0, 0.05) is 18.5 Å². The lowest BCUT2D eigenvalue weighted by Crippen LogP contribution is -2.14. The second-order valence-corrected chi connectivity index (χ2v) is 8.72. The van der Waals surface area contributed by atoms with Crippen LogP contribution in [0.4, 0.5) is 0 Å². The summed E-state index contributed by atoms with van der Waals surface area (Å²) >= 11 is 0. The Morgan fingerprint density at radius 2 is 1.63 bits per heavy atom. The van der Waals surface area contributed by atoms with Gasteiger partial charge in [-0.3, -0.25) is 4.79 Å². The van der Waals surface area contributed by atoms with Crippen molar-refractivity contribution in [2.75, 3.05) is 6.61 Å². The van der Waals surface area contributed by atoms with Crippen molar-refractivity contribution >= 4 is 28.0 Å². The fraction of sp³-hybridized carbons (Fsp3) is 0.276. The first-order chi connectivity index (χ1) is 17.2. The molecule has 0 saturated heterocycles. The van der Waals surface area contributed by atoms with Crippen molar-refractivity contribution in [3.05, 3.63) is 84.2 Å². The van der Waals surface area contributed by atoms with Gasteiger partial charge >= 0.3 is 5.97 Å². The molecule has 35 heavy (non-hydrogen) atoms. The van der Waals surface area contributed by atoms with Crippen LogP contribution in [0, 0.1) is 0 Å². The van der Waals surface area contributed by atoms with Gasteiger partial charge in [-0.2, -0.15) is 0 Å². The molecule has 5 aromatic rings. The average Bonchev–Trinajstić information content (AvgIpc) is 3.41. The first-order valence-electron chi connectivity index (χ1n) is 12.3. The molecule has 178 valence electrons. The third-order valence-electron chi connectivity index (χ3n) is 6.27. The molecule has 0 bridgehead atoms. The molecule has 0 unspecified atom stereocenters. The molecular weight excluding hydrogens is 436 g/mol. The minimum Gasteiger partial charge on any atom is -0.465 e. The fourth-order valence-corrected chi connectivity index (χ4v) is 4.59. The highest BCUT2D eigenvalue weighted by molar-refractivity contribution is 5.84. The second kappa shape index (κ2) is 10.1. The van der Waals surface area contributed by atoms with Gasteiger partial charge in [0.05, 0.1) is 28.7 Å². The van der Waals surface area contributed by atoms with Gasteiger partial charge in [-0.15, -0.1) is 0 Å². The number of fused-ring (bicyclic) bond motifs is 2. The van der Waals surface area contributed by atoms with Gasteiger partial charge in [-0.05, 0) is 43.2 Å². The van der Waals surface area contributed by atoms with Crippen LogP contribution in [-0.2, 0) is 29.0 Å². The van der Waals surface area contributed by atoms with Crippen molar-refractivity contribution in [1.82, 2.24) is 19.1 Å². The molecule has 0 fully saturated rings. The average molecular weight is 467 g/mol. The second-order valence-electron chi connectivity index (χ2n) is 8.72. The standard InChI is InChI=1S/C29H30N4O2/c1-3-5-15-27-30-23-13-9-10-14-25(23)32(27)19-21-16-17-26-24(18-21)31-29(22-11-7-6-8-12-22)33(26)20-28(34)35-4-2/h6-14,16-18H,3-5,15,19-20H2,1-2H3. The summed E-state index contributed by atoms with van der Waals surface area (Å²) in [5.41, 5.74) is 6.09. The molecule has 0 radical (unpaired) electrons. The maximum Gasteiger partial charge on any atom is 0.326 e. The predicted octanol–water partition coefficient (Wildman–Crippen LogP) is 6.01. The highest BCUT2D eigenvalue weighted by atomic mass is 16.5. The first-order valence-corrected chi connectivity index (χ1v) is 12.3. The van der Waals surface area contributed by atoms with Crippen LogP contribution in [0.5, 0.6) is 0 Å². The van der Waals surface area contributed by atoms with E-state index in [0.29, 0.717) is 6.61 Å². The largest absolute Gasteiger partial charge is 0.465 e. The van der Waals surface area contributed by atoms with E-state index in [4.69, 9.17) is 14.7 Å². The summed E-state index contributed by atoms with van der Waals surface area (Å²) in [4.78, 5) is 22.2. The number of aryl methyl sites for hydroxylation is 1. The lowest BCUT2D eigenvalue weighted by atomic mass is 10.2. The Morgan fingerprint density at radius 1 is 0.857 bits per heavy atom. The molecule has 0 N–H and O–H groups in total. The molecule has 6 nitrogen and oxygen atoms in total. The van der Waals surface area contributed by atoms with E-state index in [0.717, 1.165) is 70.6 Å². The van der Waals surface area contributed by atoms with Crippen molar-refractivity contribution in [1.29, 1.82) is 0 Å². The molecule has 0 aliphatic rings. The summed E-state index contributed by atoms with van der Waals surface area (Å²) < 4.78 is 9.51. The summed E-state index contributed by atoms with van der Waals surface area (Å²) in [5, 5.41) is 0. The van der Waals surface area contributed by atoms with Gasteiger partial charge in [-0.25, -0.2) is 9.97 Å². The van der Waals surface area contributed by atoms with Crippen LogP contribution in [0.2, 0.25) is 0 Å². The molecule has 2 heterocycles. The van der Waals surface area contributed by atoms with Gasteiger partial charge in [0.2, 0.25) is 0 Å². The van der Waals surface area contributed by atoms with E-state index in [1.54, 1.807) is 0 Å². The van der Waals surface area contributed by atoms with E-state index in [1.807, 2.05) is 47.9 Å². The zero-order chi connectivity index (χ0) is 24.2. The smallest absolute Gasteiger partial charge is 0.326 e. The van der Waals surface area contributed by atoms with E-state index in [2.05, 4.69) is 47.9 Å². The SMILES string of the molecule is CCCCc1nc2ccccc2n1Cc1ccc2c(c1)nc(-c1ccccc1)n2CC(=O)OCC. The van der Waals surface area contributed by atoms with Crippen molar-refractivity contribution in [3.8, 4) is 11.4 Å². The van der Waals surface area contributed by atoms with Crippen LogP contribution < -0.4 is 0 Å². The quantitative estimate of drug-likeness (QED) is 0.250. The fourth-order valence-electron chi connectivity index (χ4n) is 4.59. The number of carbonyl (C=O) groups excluding carboxylic acids is 1.